The molecule has 0 aliphatic carbocycles. The molecule has 54 heavy (non-hydrogen) atoms. The Bertz CT molecular complexity index is 964. The number of hydrogen-bond donors (Lipinski definition) is 0. The molecule has 0 amide bonds. The average Bonchev–Trinajstić information content (AvgIpc) is 3.17. The molecule has 0 bridgehead atoms. The molecule has 312 valence electrons. The van der Waals surface area contributed by atoms with Crippen molar-refractivity contribution in [1.29, 1.82) is 0 Å². The van der Waals surface area contributed by atoms with Gasteiger partial charge in [0.1, 0.15) is 13.2 Å². The third kappa shape index (κ3) is 40.6. The second-order valence-electron chi connectivity index (χ2n) is 15.0. The minimum atomic E-state index is -0.794. The Morgan fingerprint density at radius 1 is 0.407 bits per heavy atom. The Labute approximate surface area is 333 Å². The first-order valence-corrected chi connectivity index (χ1v) is 22.7. The van der Waals surface area contributed by atoms with Crippen molar-refractivity contribution in [1.82, 2.24) is 0 Å². The van der Waals surface area contributed by atoms with Crippen LogP contribution in [0.2, 0.25) is 0 Å². The van der Waals surface area contributed by atoms with E-state index in [2.05, 4.69) is 69.4 Å². The van der Waals surface area contributed by atoms with Crippen molar-refractivity contribution >= 4 is 17.9 Å². The van der Waals surface area contributed by atoms with Crippen LogP contribution in [-0.2, 0) is 28.6 Å². The van der Waals surface area contributed by atoms with E-state index < -0.39 is 6.10 Å². The van der Waals surface area contributed by atoms with Gasteiger partial charge in [-0.1, -0.05) is 185 Å². The summed E-state index contributed by atoms with van der Waals surface area (Å²) in [5, 5.41) is 0. The van der Waals surface area contributed by atoms with Crippen LogP contribution in [0.3, 0.4) is 0 Å². The molecule has 6 heteroatoms. The van der Waals surface area contributed by atoms with Crippen molar-refractivity contribution < 1.29 is 28.6 Å². The van der Waals surface area contributed by atoms with Crippen molar-refractivity contribution in [2.75, 3.05) is 13.2 Å². The fourth-order valence-corrected chi connectivity index (χ4v) is 6.16. The Morgan fingerprint density at radius 2 is 0.796 bits per heavy atom. The number of carbonyl (C=O) groups is 3. The van der Waals surface area contributed by atoms with Crippen LogP contribution in [-0.4, -0.2) is 37.2 Å². The second-order valence-corrected chi connectivity index (χ2v) is 15.0. The maximum Gasteiger partial charge on any atom is 0.306 e. The quantitative estimate of drug-likeness (QED) is 0.0204. The number of esters is 3. The molecule has 1 atom stereocenters. The second kappa shape index (κ2) is 43.1. The standard InChI is InChI=1S/C48H84O6/c1-4-7-10-13-16-19-21-22-23-24-25-27-29-32-35-38-41-47(50)53-44-45(43-52-46(49)40-37-34-31-28-18-15-12-9-6-3)54-48(51)42-39-36-33-30-26-20-17-14-11-8-5-2/h9,12,14,17-18,20,26,28,45H,4-8,10-11,13,15-16,19,21-25,27,29-44H2,1-3H3/b12-9-,17-14-,26-20-,28-18-. The van der Waals surface area contributed by atoms with Crippen LogP contribution in [0.1, 0.15) is 220 Å². The zero-order valence-corrected chi connectivity index (χ0v) is 35.5. The molecule has 0 aromatic heterocycles. The van der Waals surface area contributed by atoms with Gasteiger partial charge in [-0.2, -0.15) is 0 Å². The molecular formula is C48H84O6. The molecule has 0 spiro atoms. The Hall–Kier alpha value is -2.63. The topological polar surface area (TPSA) is 78.9 Å². The van der Waals surface area contributed by atoms with Crippen LogP contribution in [0.4, 0.5) is 0 Å². The Morgan fingerprint density at radius 3 is 1.31 bits per heavy atom. The maximum absolute atomic E-state index is 12.7. The normalized spacial score (nSPS) is 12.4. The van der Waals surface area contributed by atoms with Gasteiger partial charge in [0.15, 0.2) is 6.10 Å². The summed E-state index contributed by atoms with van der Waals surface area (Å²) >= 11 is 0. The van der Waals surface area contributed by atoms with E-state index in [1.165, 1.54) is 96.3 Å². The number of carbonyl (C=O) groups excluding carboxylic acids is 3. The van der Waals surface area contributed by atoms with Gasteiger partial charge in [0, 0.05) is 19.3 Å². The Balaban J connectivity index is 4.35. The largest absolute Gasteiger partial charge is 0.462 e. The van der Waals surface area contributed by atoms with Crippen molar-refractivity contribution in [3.8, 4) is 0 Å². The average molecular weight is 757 g/mol. The van der Waals surface area contributed by atoms with E-state index in [1.54, 1.807) is 0 Å². The number of ether oxygens (including phenoxy) is 3. The number of rotatable bonds is 40. The lowest BCUT2D eigenvalue weighted by molar-refractivity contribution is -0.167. The predicted octanol–water partition coefficient (Wildman–Crippen LogP) is 14.4. The fraction of sp³-hybridized carbons (Fsp3) is 0.771. The first kappa shape index (κ1) is 51.4. The molecule has 0 rings (SSSR count). The van der Waals surface area contributed by atoms with Gasteiger partial charge in [0.05, 0.1) is 0 Å². The highest BCUT2D eigenvalue weighted by Crippen LogP contribution is 2.15. The highest BCUT2D eigenvalue weighted by Gasteiger charge is 2.19. The zero-order chi connectivity index (χ0) is 39.4. The van der Waals surface area contributed by atoms with Crippen molar-refractivity contribution in [2.24, 2.45) is 0 Å². The molecule has 0 saturated carbocycles. The number of hydrogen-bond acceptors (Lipinski definition) is 6. The van der Waals surface area contributed by atoms with E-state index in [4.69, 9.17) is 14.2 Å². The van der Waals surface area contributed by atoms with Gasteiger partial charge in [-0.3, -0.25) is 14.4 Å². The predicted molar refractivity (Wildman–Crippen MR) is 229 cm³/mol. The molecule has 0 radical (unpaired) electrons. The van der Waals surface area contributed by atoms with E-state index >= 15 is 0 Å². The summed E-state index contributed by atoms with van der Waals surface area (Å²) < 4.78 is 16.6. The highest BCUT2D eigenvalue weighted by molar-refractivity contribution is 5.71. The van der Waals surface area contributed by atoms with Crippen LogP contribution in [0.5, 0.6) is 0 Å². The SMILES string of the molecule is CC/C=C\C/C=C\CCCCC(=O)OCC(COC(=O)CCCCCCCCCCCCCCCCCC)OC(=O)CCCCC/C=C\C=C/CCCC. The van der Waals surface area contributed by atoms with Crippen molar-refractivity contribution in [2.45, 2.75) is 226 Å². The maximum atomic E-state index is 12.7. The van der Waals surface area contributed by atoms with E-state index in [9.17, 15) is 14.4 Å². The first-order valence-electron chi connectivity index (χ1n) is 22.7. The molecule has 0 aliphatic rings. The van der Waals surface area contributed by atoms with Gasteiger partial charge in [-0.25, -0.2) is 0 Å². The summed E-state index contributed by atoms with van der Waals surface area (Å²) in [5.74, 6) is -0.960. The van der Waals surface area contributed by atoms with E-state index in [-0.39, 0.29) is 31.1 Å². The van der Waals surface area contributed by atoms with Crippen LogP contribution < -0.4 is 0 Å². The lowest BCUT2D eigenvalue weighted by atomic mass is 10.0. The summed E-state index contributed by atoms with van der Waals surface area (Å²) in [6, 6.07) is 0. The van der Waals surface area contributed by atoms with Gasteiger partial charge >= 0.3 is 17.9 Å². The van der Waals surface area contributed by atoms with Crippen molar-refractivity contribution in [3.05, 3.63) is 48.6 Å². The molecule has 0 saturated heterocycles. The van der Waals surface area contributed by atoms with Gasteiger partial charge in [0.2, 0.25) is 0 Å². The molecule has 6 nitrogen and oxygen atoms in total. The minimum absolute atomic E-state index is 0.0927. The van der Waals surface area contributed by atoms with Gasteiger partial charge in [0.25, 0.3) is 0 Å². The lowest BCUT2D eigenvalue weighted by Gasteiger charge is -2.18. The first-order chi connectivity index (χ1) is 26.5. The van der Waals surface area contributed by atoms with E-state index in [1.807, 2.05) is 0 Å². The molecule has 0 aromatic rings. The number of unbranched alkanes of at least 4 members (excludes halogenated alkanes) is 22. The summed E-state index contributed by atoms with van der Waals surface area (Å²) in [6.07, 6.45) is 49.7. The summed E-state index contributed by atoms with van der Waals surface area (Å²) in [5.41, 5.74) is 0. The molecule has 0 heterocycles. The fourth-order valence-electron chi connectivity index (χ4n) is 6.16. The summed E-state index contributed by atoms with van der Waals surface area (Å²) in [7, 11) is 0. The van der Waals surface area contributed by atoms with Crippen LogP contribution in [0, 0.1) is 0 Å². The molecule has 0 N–H and O–H groups in total. The molecule has 0 aliphatic heterocycles. The van der Waals surface area contributed by atoms with Gasteiger partial charge < -0.3 is 14.2 Å². The number of allylic oxidation sites excluding steroid dienone is 8. The lowest BCUT2D eigenvalue weighted by Crippen LogP contribution is -2.30. The Kier molecular flexibility index (Phi) is 41.0. The monoisotopic (exact) mass is 757 g/mol. The van der Waals surface area contributed by atoms with Crippen LogP contribution in [0.25, 0.3) is 0 Å². The third-order valence-corrected chi connectivity index (χ3v) is 9.60. The molecular weight excluding hydrogens is 673 g/mol. The van der Waals surface area contributed by atoms with Crippen molar-refractivity contribution in [3.63, 3.8) is 0 Å². The molecule has 0 fully saturated rings. The zero-order valence-electron chi connectivity index (χ0n) is 35.5. The van der Waals surface area contributed by atoms with E-state index in [0.29, 0.717) is 19.3 Å². The van der Waals surface area contributed by atoms with E-state index in [0.717, 1.165) is 83.5 Å². The summed E-state index contributed by atoms with van der Waals surface area (Å²) in [4.78, 5) is 37.6. The van der Waals surface area contributed by atoms with Gasteiger partial charge in [-0.05, 0) is 64.2 Å². The highest BCUT2D eigenvalue weighted by atomic mass is 16.6. The third-order valence-electron chi connectivity index (χ3n) is 9.60. The summed E-state index contributed by atoms with van der Waals surface area (Å²) in [6.45, 7) is 6.40. The van der Waals surface area contributed by atoms with Crippen LogP contribution in [0.15, 0.2) is 48.6 Å². The van der Waals surface area contributed by atoms with Gasteiger partial charge in [-0.15, -0.1) is 0 Å². The van der Waals surface area contributed by atoms with Crippen LogP contribution >= 0.6 is 0 Å². The smallest absolute Gasteiger partial charge is 0.306 e. The molecule has 0 aromatic carbocycles. The molecule has 1 unspecified atom stereocenters. The minimum Gasteiger partial charge on any atom is -0.462 e.